The molecular formula is C13H15ClN2O3. The van der Waals surface area contributed by atoms with Crippen LogP contribution in [0.3, 0.4) is 0 Å². The molecular weight excluding hydrogens is 268 g/mol. The van der Waals surface area contributed by atoms with E-state index in [4.69, 9.17) is 16.7 Å². The maximum absolute atomic E-state index is 12.1. The summed E-state index contributed by atoms with van der Waals surface area (Å²) in [5.41, 5.74) is 0.533. The number of hydrogen-bond acceptors (Lipinski definition) is 4. The van der Waals surface area contributed by atoms with Crippen LogP contribution in [0.15, 0.2) is 24.3 Å². The molecule has 1 saturated heterocycles. The first-order chi connectivity index (χ1) is 9.13. The minimum Gasteiger partial charge on any atom is -0.396 e. The number of halogens is 1. The van der Waals surface area contributed by atoms with Crippen molar-refractivity contribution in [2.75, 3.05) is 18.1 Å². The number of rotatable bonds is 5. The first kappa shape index (κ1) is 14.0. The number of amides is 2. The molecule has 6 heteroatoms. The molecule has 0 spiro atoms. The maximum Gasteiger partial charge on any atom is 0.251 e. The van der Waals surface area contributed by atoms with E-state index in [1.54, 1.807) is 24.3 Å². The molecule has 19 heavy (non-hydrogen) atoms. The quantitative estimate of drug-likeness (QED) is 0.623. The van der Waals surface area contributed by atoms with Crippen molar-refractivity contribution in [1.82, 2.24) is 5.32 Å². The van der Waals surface area contributed by atoms with Crippen LogP contribution in [-0.2, 0) is 9.59 Å². The molecule has 1 aliphatic heterocycles. The Bertz CT molecular complexity index is 475. The summed E-state index contributed by atoms with van der Waals surface area (Å²) < 4.78 is 0. The summed E-state index contributed by atoms with van der Waals surface area (Å²) in [7, 11) is 0. The van der Waals surface area contributed by atoms with Crippen LogP contribution in [-0.4, -0.2) is 36.1 Å². The highest BCUT2D eigenvalue weighted by molar-refractivity contribution is 6.30. The van der Waals surface area contributed by atoms with E-state index in [1.807, 2.05) is 0 Å². The Labute approximate surface area is 116 Å². The lowest BCUT2D eigenvalue weighted by Crippen LogP contribution is -2.39. The second kappa shape index (κ2) is 6.14. The van der Waals surface area contributed by atoms with Gasteiger partial charge in [-0.25, -0.2) is 4.90 Å². The standard InChI is InChI=1S/C13H15ClN2O3/c14-9-2-4-10(5-3-9)16-12(18)8-11(13(16)19)15-6-1-7-17/h2-5,11,15,17H,1,6-8H2. The molecule has 0 saturated carbocycles. The van der Waals surface area contributed by atoms with Gasteiger partial charge in [0.2, 0.25) is 5.91 Å². The van der Waals surface area contributed by atoms with Crippen molar-refractivity contribution in [2.24, 2.45) is 0 Å². The third-order valence-electron chi connectivity index (χ3n) is 2.96. The van der Waals surface area contributed by atoms with E-state index in [-0.39, 0.29) is 24.8 Å². The van der Waals surface area contributed by atoms with Gasteiger partial charge >= 0.3 is 0 Å². The number of carbonyl (C=O) groups is 2. The van der Waals surface area contributed by atoms with Crippen LogP contribution >= 0.6 is 11.6 Å². The predicted molar refractivity (Wildman–Crippen MR) is 72.1 cm³/mol. The maximum atomic E-state index is 12.1. The zero-order valence-electron chi connectivity index (χ0n) is 10.3. The van der Waals surface area contributed by atoms with E-state index in [2.05, 4.69) is 5.32 Å². The number of nitrogens with zero attached hydrogens (tertiary/aromatic N) is 1. The summed E-state index contributed by atoms with van der Waals surface area (Å²) >= 11 is 5.78. The number of benzene rings is 1. The van der Waals surface area contributed by atoms with Crippen LogP contribution < -0.4 is 10.2 Å². The lowest BCUT2D eigenvalue weighted by molar-refractivity contribution is -0.121. The van der Waals surface area contributed by atoms with E-state index in [1.165, 1.54) is 4.90 Å². The zero-order valence-corrected chi connectivity index (χ0v) is 11.1. The Morgan fingerprint density at radius 3 is 2.63 bits per heavy atom. The fraction of sp³-hybridized carbons (Fsp3) is 0.385. The number of nitrogens with one attached hydrogen (secondary N) is 1. The lowest BCUT2D eigenvalue weighted by Gasteiger charge is -2.15. The minimum atomic E-state index is -0.505. The molecule has 1 atom stereocenters. The first-order valence-electron chi connectivity index (χ1n) is 6.10. The summed E-state index contributed by atoms with van der Waals surface area (Å²) in [6, 6.07) is 6.07. The molecule has 0 radical (unpaired) electrons. The topological polar surface area (TPSA) is 69.6 Å². The van der Waals surface area contributed by atoms with Crippen LogP contribution in [0, 0.1) is 0 Å². The van der Waals surface area contributed by atoms with Crippen molar-refractivity contribution in [3.8, 4) is 0 Å². The fourth-order valence-electron chi connectivity index (χ4n) is 2.01. The molecule has 1 fully saturated rings. The number of carbonyl (C=O) groups excluding carboxylic acids is 2. The molecule has 0 aliphatic carbocycles. The van der Waals surface area contributed by atoms with Gasteiger partial charge in [-0.1, -0.05) is 11.6 Å². The molecule has 1 unspecified atom stereocenters. The Morgan fingerprint density at radius 1 is 1.32 bits per heavy atom. The number of aliphatic hydroxyl groups excluding tert-OH is 1. The van der Waals surface area contributed by atoms with Gasteiger partial charge in [0.1, 0.15) is 0 Å². The van der Waals surface area contributed by atoms with Crippen LogP contribution in [0.5, 0.6) is 0 Å². The monoisotopic (exact) mass is 282 g/mol. The highest BCUT2D eigenvalue weighted by Gasteiger charge is 2.38. The second-order valence-corrected chi connectivity index (χ2v) is 4.77. The van der Waals surface area contributed by atoms with Gasteiger partial charge in [0.05, 0.1) is 18.2 Å². The van der Waals surface area contributed by atoms with Crippen LogP contribution in [0.2, 0.25) is 5.02 Å². The summed E-state index contributed by atoms with van der Waals surface area (Å²) in [4.78, 5) is 25.2. The first-order valence-corrected chi connectivity index (χ1v) is 6.48. The zero-order chi connectivity index (χ0) is 13.8. The molecule has 1 aliphatic rings. The lowest BCUT2D eigenvalue weighted by atomic mass is 10.2. The van der Waals surface area contributed by atoms with Gasteiger partial charge < -0.3 is 10.4 Å². The van der Waals surface area contributed by atoms with Crippen molar-refractivity contribution < 1.29 is 14.7 Å². The van der Waals surface area contributed by atoms with E-state index in [9.17, 15) is 9.59 Å². The molecule has 1 heterocycles. The van der Waals surface area contributed by atoms with Gasteiger partial charge in [-0.05, 0) is 37.2 Å². The minimum absolute atomic E-state index is 0.0583. The Morgan fingerprint density at radius 2 is 2.00 bits per heavy atom. The van der Waals surface area contributed by atoms with Gasteiger partial charge in [-0.2, -0.15) is 0 Å². The van der Waals surface area contributed by atoms with Gasteiger partial charge in [-0.3, -0.25) is 9.59 Å². The normalized spacial score (nSPS) is 19.3. The van der Waals surface area contributed by atoms with Crippen molar-refractivity contribution in [2.45, 2.75) is 18.9 Å². The molecule has 0 bridgehead atoms. The summed E-state index contributed by atoms with van der Waals surface area (Å²) in [5.74, 6) is -0.487. The highest BCUT2D eigenvalue weighted by Crippen LogP contribution is 2.24. The van der Waals surface area contributed by atoms with Gasteiger partial charge in [0, 0.05) is 11.6 Å². The summed E-state index contributed by atoms with van der Waals surface area (Å²) in [6.07, 6.45) is 0.700. The van der Waals surface area contributed by atoms with Crippen molar-refractivity contribution in [3.05, 3.63) is 29.3 Å². The Hall–Kier alpha value is -1.43. The molecule has 2 amide bonds. The summed E-state index contributed by atoms with van der Waals surface area (Å²) in [6.45, 7) is 0.567. The average molecular weight is 283 g/mol. The van der Waals surface area contributed by atoms with E-state index < -0.39 is 6.04 Å². The van der Waals surface area contributed by atoms with Gasteiger partial charge in [-0.15, -0.1) is 0 Å². The molecule has 1 aromatic rings. The van der Waals surface area contributed by atoms with Crippen LogP contribution in [0.1, 0.15) is 12.8 Å². The van der Waals surface area contributed by atoms with Gasteiger partial charge in [0.15, 0.2) is 0 Å². The van der Waals surface area contributed by atoms with E-state index >= 15 is 0 Å². The van der Waals surface area contributed by atoms with Crippen molar-refractivity contribution >= 4 is 29.1 Å². The number of imide groups is 1. The average Bonchev–Trinajstić information content (AvgIpc) is 2.67. The fourth-order valence-corrected chi connectivity index (χ4v) is 2.13. The van der Waals surface area contributed by atoms with E-state index in [0.29, 0.717) is 23.7 Å². The molecule has 2 N–H and O–H groups in total. The number of hydrogen-bond donors (Lipinski definition) is 2. The largest absolute Gasteiger partial charge is 0.396 e. The Kier molecular flexibility index (Phi) is 4.52. The third-order valence-corrected chi connectivity index (χ3v) is 3.21. The number of aliphatic hydroxyl groups is 1. The number of anilines is 1. The molecule has 5 nitrogen and oxygen atoms in total. The molecule has 102 valence electrons. The summed E-state index contributed by atoms with van der Waals surface area (Å²) in [5, 5.41) is 12.2. The Balaban J connectivity index is 2.08. The highest BCUT2D eigenvalue weighted by atomic mass is 35.5. The molecule has 1 aromatic carbocycles. The smallest absolute Gasteiger partial charge is 0.251 e. The van der Waals surface area contributed by atoms with Crippen molar-refractivity contribution in [1.29, 1.82) is 0 Å². The van der Waals surface area contributed by atoms with E-state index in [0.717, 1.165) is 0 Å². The van der Waals surface area contributed by atoms with Crippen LogP contribution in [0.25, 0.3) is 0 Å². The molecule has 2 rings (SSSR count). The SMILES string of the molecule is O=C1CC(NCCCO)C(=O)N1c1ccc(Cl)cc1. The predicted octanol–water partition coefficient (Wildman–Crippen LogP) is 0.944. The third kappa shape index (κ3) is 3.12. The van der Waals surface area contributed by atoms with Crippen LogP contribution in [0.4, 0.5) is 5.69 Å². The van der Waals surface area contributed by atoms with Gasteiger partial charge in [0.25, 0.3) is 5.91 Å². The van der Waals surface area contributed by atoms with Crippen molar-refractivity contribution in [3.63, 3.8) is 0 Å². The molecule has 0 aromatic heterocycles. The second-order valence-electron chi connectivity index (χ2n) is 4.33.